The van der Waals surface area contributed by atoms with E-state index >= 15 is 0 Å². The minimum absolute atomic E-state index is 0.134. The molecule has 2 aromatic heterocycles. The molecule has 1 N–H and O–H groups in total. The zero-order valence-corrected chi connectivity index (χ0v) is 13.0. The summed E-state index contributed by atoms with van der Waals surface area (Å²) in [4.78, 5) is 8.62. The summed E-state index contributed by atoms with van der Waals surface area (Å²) in [5.74, 6) is 0. The molecule has 0 saturated carbocycles. The molecule has 2 aromatic rings. The summed E-state index contributed by atoms with van der Waals surface area (Å²) in [6.07, 6.45) is 2.61. The molecule has 0 fully saturated rings. The molecule has 5 heteroatoms. The molecule has 0 bridgehead atoms. The molecule has 0 saturated heterocycles. The van der Waals surface area contributed by atoms with Crippen molar-refractivity contribution >= 4 is 28.6 Å². The lowest BCUT2D eigenvalue weighted by Crippen LogP contribution is -2.11. The van der Waals surface area contributed by atoms with Crippen LogP contribution in [0.2, 0.25) is 5.15 Å². The largest absolute Gasteiger partial charge is 0.385 e. The van der Waals surface area contributed by atoms with Gasteiger partial charge in [0.1, 0.15) is 5.15 Å². The third-order valence-corrected chi connectivity index (χ3v) is 4.15. The number of thiazole rings is 1. The van der Waals surface area contributed by atoms with E-state index in [2.05, 4.69) is 41.4 Å². The highest BCUT2D eigenvalue weighted by Crippen LogP contribution is 2.25. The second-order valence-corrected chi connectivity index (χ2v) is 6.68. The number of pyridine rings is 1. The molecule has 2 heterocycles. The monoisotopic (exact) mass is 295 g/mol. The van der Waals surface area contributed by atoms with E-state index in [0.717, 1.165) is 24.3 Å². The Hall–Kier alpha value is -1.13. The van der Waals surface area contributed by atoms with Gasteiger partial charge in [-0.3, -0.25) is 0 Å². The second kappa shape index (κ2) is 5.88. The molecular weight excluding hydrogens is 278 g/mol. The maximum absolute atomic E-state index is 5.83. The van der Waals surface area contributed by atoms with Gasteiger partial charge in [0.15, 0.2) is 0 Å². The second-order valence-electron chi connectivity index (χ2n) is 5.44. The maximum Gasteiger partial charge on any atom is 0.131 e. The lowest BCUT2D eigenvalue weighted by atomic mass is 9.98. The van der Waals surface area contributed by atoms with Crippen LogP contribution >= 0.6 is 22.9 Å². The molecule has 2 rings (SSSR count). The lowest BCUT2D eigenvalue weighted by Gasteiger charge is -2.13. The predicted molar refractivity (Wildman–Crippen MR) is 82.3 cm³/mol. The van der Waals surface area contributed by atoms with E-state index in [0.29, 0.717) is 5.15 Å². The van der Waals surface area contributed by atoms with E-state index in [1.807, 2.05) is 12.1 Å². The first-order chi connectivity index (χ1) is 8.95. The van der Waals surface area contributed by atoms with Crippen LogP contribution in [-0.4, -0.2) is 16.5 Å². The Bertz CT molecular complexity index is 546. The van der Waals surface area contributed by atoms with Crippen molar-refractivity contribution in [3.05, 3.63) is 39.6 Å². The Morgan fingerprint density at radius 1 is 1.37 bits per heavy atom. The molecule has 3 nitrogen and oxygen atoms in total. The Labute approximate surface area is 123 Å². The number of nitrogens with zero attached hydrogens (tertiary/aromatic N) is 2. The van der Waals surface area contributed by atoms with Gasteiger partial charge in [0.25, 0.3) is 0 Å². The Balaban J connectivity index is 1.88. The molecule has 0 radical (unpaired) electrons. The van der Waals surface area contributed by atoms with Crippen molar-refractivity contribution in [2.45, 2.75) is 32.6 Å². The highest BCUT2D eigenvalue weighted by Gasteiger charge is 2.17. The van der Waals surface area contributed by atoms with E-state index in [-0.39, 0.29) is 5.41 Å². The van der Waals surface area contributed by atoms with E-state index in [1.54, 1.807) is 17.5 Å². The van der Waals surface area contributed by atoms with Gasteiger partial charge in [0.2, 0.25) is 0 Å². The Morgan fingerprint density at radius 2 is 2.16 bits per heavy atom. The fourth-order valence-corrected chi connectivity index (χ4v) is 2.73. The van der Waals surface area contributed by atoms with Gasteiger partial charge in [-0.25, -0.2) is 9.97 Å². The molecule has 0 aliphatic heterocycles. The topological polar surface area (TPSA) is 37.8 Å². The van der Waals surface area contributed by atoms with Gasteiger partial charge in [0.05, 0.1) is 10.7 Å². The summed E-state index contributed by atoms with van der Waals surface area (Å²) in [7, 11) is 0. The maximum atomic E-state index is 5.83. The van der Waals surface area contributed by atoms with Crippen molar-refractivity contribution in [1.82, 2.24) is 9.97 Å². The van der Waals surface area contributed by atoms with Crippen LogP contribution in [0.25, 0.3) is 0 Å². The Kier molecular flexibility index (Phi) is 4.42. The van der Waals surface area contributed by atoms with Crippen molar-refractivity contribution in [3.63, 3.8) is 0 Å². The van der Waals surface area contributed by atoms with Gasteiger partial charge in [-0.2, -0.15) is 0 Å². The standard InChI is InChI=1S/C14H18ClN3S/c1-14(2,3)13-18-11(9-19-13)5-6-16-10-4-7-17-12(15)8-10/h4,7-9H,5-6H2,1-3H3,(H,16,17). The first-order valence-electron chi connectivity index (χ1n) is 6.25. The van der Waals surface area contributed by atoms with Crippen LogP contribution in [-0.2, 0) is 11.8 Å². The van der Waals surface area contributed by atoms with Gasteiger partial charge in [0, 0.05) is 35.6 Å². The SMILES string of the molecule is CC(C)(C)c1nc(CCNc2ccnc(Cl)c2)cs1. The van der Waals surface area contributed by atoms with Crippen LogP contribution in [0, 0.1) is 0 Å². The molecule has 0 spiro atoms. The highest BCUT2D eigenvalue weighted by molar-refractivity contribution is 7.09. The quantitative estimate of drug-likeness (QED) is 0.861. The summed E-state index contributed by atoms with van der Waals surface area (Å²) in [6, 6.07) is 3.73. The van der Waals surface area contributed by atoms with E-state index in [4.69, 9.17) is 11.6 Å². The minimum Gasteiger partial charge on any atom is -0.385 e. The molecule has 0 aliphatic rings. The van der Waals surface area contributed by atoms with Crippen molar-refractivity contribution in [2.24, 2.45) is 0 Å². The van der Waals surface area contributed by atoms with Crippen molar-refractivity contribution < 1.29 is 0 Å². The molecule has 19 heavy (non-hydrogen) atoms. The number of hydrogen-bond acceptors (Lipinski definition) is 4. The molecule has 0 aromatic carbocycles. The zero-order chi connectivity index (χ0) is 13.9. The summed E-state index contributed by atoms with van der Waals surface area (Å²) >= 11 is 7.57. The number of rotatable bonds is 4. The number of nitrogens with one attached hydrogen (secondary N) is 1. The third-order valence-electron chi connectivity index (χ3n) is 2.63. The number of aromatic nitrogens is 2. The van der Waals surface area contributed by atoms with Gasteiger partial charge in [-0.1, -0.05) is 32.4 Å². The summed E-state index contributed by atoms with van der Waals surface area (Å²) in [6.45, 7) is 7.40. The minimum atomic E-state index is 0.134. The molecule has 0 aliphatic carbocycles. The molecule has 0 unspecified atom stereocenters. The van der Waals surface area contributed by atoms with Gasteiger partial charge >= 0.3 is 0 Å². The first kappa shape index (κ1) is 14.3. The normalized spacial score (nSPS) is 11.6. The highest BCUT2D eigenvalue weighted by atomic mass is 35.5. The predicted octanol–water partition coefficient (Wildman–Crippen LogP) is 4.14. The van der Waals surface area contributed by atoms with Crippen molar-refractivity contribution in [2.75, 3.05) is 11.9 Å². The summed E-state index contributed by atoms with van der Waals surface area (Å²) in [5, 5.41) is 7.16. The fourth-order valence-electron chi connectivity index (χ4n) is 1.61. The summed E-state index contributed by atoms with van der Waals surface area (Å²) < 4.78 is 0. The average molecular weight is 296 g/mol. The number of anilines is 1. The third kappa shape index (κ3) is 4.18. The van der Waals surface area contributed by atoms with E-state index in [9.17, 15) is 0 Å². The van der Waals surface area contributed by atoms with Crippen LogP contribution in [0.15, 0.2) is 23.7 Å². The number of halogens is 1. The van der Waals surface area contributed by atoms with Gasteiger partial charge in [-0.15, -0.1) is 11.3 Å². The van der Waals surface area contributed by atoms with Crippen LogP contribution in [0.5, 0.6) is 0 Å². The van der Waals surface area contributed by atoms with Crippen LogP contribution in [0.3, 0.4) is 0 Å². The van der Waals surface area contributed by atoms with Crippen LogP contribution < -0.4 is 5.32 Å². The zero-order valence-electron chi connectivity index (χ0n) is 11.4. The van der Waals surface area contributed by atoms with Crippen molar-refractivity contribution in [1.29, 1.82) is 0 Å². The van der Waals surface area contributed by atoms with Crippen LogP contribution in [0.4, 0.5) is 5.69 Å². The average Bonchev–Trinajstić information content (AvgIpc) is 2.77. The van der Waals surface area contributed by atoms with E-state index in [1.165, 1.54) is 5.01 Å². The van der Waals surface area contributed by atoms with E-state index < -0.39 is 0 Å². The van der Waals surface area contributed by atoms with Gasteiger partial charge < -0.3 is 5.32 Å². The van der Waals surface area contributed by atoms with Crippen molar-refractivity contribution in [3.8, 4) is 0 Å². The fraction of sp³-hybridized carbons (Fsp3) is 0.429. The number of hydrogen-bond donors (Lipinski definition) is 1. The molecule has 0 amide bonds. The molecular formula is C14H18ClN3S. The smallest absolute Gasteiger partial charge is 0.131 e. The van der Waals surface area contributed by atoms with Gasteiger partial charge in [-0.05, 0) is 12.1 Å². The first-order valence-corrected chi connectivity index (χ1v) is 7.51. The summed E-state index contributed by atoms with van der Waals surface area (Å²) in [5.41, 5.74) is 2.27. The van der Waals surface area contributed by atoms with Crippen LogP contribution in [0.1, 0.15) is 31.5 Å². The molecule has 102 valence electrons. The Morgan fingerprint density at radius 3 is 2.79 bits per heavy atom. The lowest BCUT2D eigenvalue weighted by molar-refractivity contribution is 0.583. The molecule has 0 atom stereocenters.